The van der Waals surface area contributed by atoms with Crippen LogP contribution in [0.25, 0.3) is 0 Å². The summed E-state index contributed by atoms with van der Waals surface area (Å²) in [5.41, 5.74) is 7.18. The monoisotopic (exact) mass is 343 g/mol. The molecule has 0 heterocycles. The lowest BCUT2D eigenvalue weighted by molar-refractivity contribution is 0.461. The molecule has 0 radical (unpaired) electrons. The van der Waals surface area contributed by atoms with Gasteiger partial charge in [0.1, 0.15) is 0 Å². The van der Waals surface area contributed by atoms with Gasteiger partial charge < -0.3 is 5.73 Å². The lowest BCUT2D eigenvalue weighted by Crippen LogP contribution is -2.33. The van der Waals surface area contributed by atoms with Gasteiger partial charge in [0.05, 0.1) is 10.1 Å². The third kappa shape index (κ3) is 2.36. The molecule has 19 heavy (non-hydrogen) atoms. The highest BCUT2D eigenvalue weighted by atomic mass is 79.9. The molecule has 2 N–H and O–H groups in total. The quantitative estimate of drug-likeness (QED) is 0.917. The maximum atomic E-state index is 12.3. The molecule has 0 bridgehead atoms. The number of benzene rings is 1. The summed E-state index contributed by atoms with van der Waals surface area (Å²) in [5, 5.41) is -0.173. The Hall–Kier alpha value is -0.390. The van der Waals surface area contributed by atoms with Gasteiger partial charge in [-0.3, -0.25) is 0 Å². The van der Waals surface area contributed by atoms with Gasteiger partial charge in [-0.25, -0.2) is 8.42 Å². The van der Waals surface area contributed by atoms with Crippen molar-refractivity contribution in [3.63, 3.8) is 0 Å². The van der Waals surface area contributed by atoms with Crippen LogP contribution < -0.4 is 5.73 Å². The van der Waals surface area contributed by atoms with E-state index >= 15 is 0 Å². The Kier molecular flexibility index (Phi) is 3.27. The molecule has 3 nitrogen and oxygen atoms in total. The van der Waals surface area contributed by atoms with E-state index in [1.54, 1.807) is 6.07 Å². The molecule has 2 saturated carbocycles. The molecule has 104 valence electrons. The van der Waals surface area contributed by atoms with Crippen molar-refractivity contribution in [2.24, 2.45) is 5.73 Å². The molecule has 0 atom stereocenters. The van der Waals surface area contributed by atoms with Gasteiger partial charge in [0, 0.05) is 10.0 Å². The number of halogens is 1. The van der Waals surface area contributed by atoms with Crippen LogP contribution in [-0.2, 0) is 15.4 Å². The average Bonchev–Trinajstić information content (AvgIpc) is 3.13. The molecule has 1 aromatic carbocycles. The average molecular weight is 344 g/mol. The summed E-state index contributed by atoms with van der Waals surface area (Å²) >= 11 is 3.42. The van der Waals surface area contributed by atoms with Crippen LogP contribution in [0.3, 0.4) is 0 Å². The zero-order valence-electron chi connectivity index (χ0n) is 10.7. The number of sulfone groups is 1. The van der Waals surface area contributed by atoms with Crippen LogP contribution in [0.4, 0.5) is 0 Å². The van der Waals surface area contributed by atoms with E-state index in [0.29, 0.717) is 9.37 Å². The van der Waals surface area contributed by atoms with Gasteiger partial charge in [0.15, 0.2) is 9.84 Å². The SMILES string of the molecule is NC1(c2ccc(S(=O)(=O)C3CC3)c(Br)c2)CCCC1. The standard InChI is InChI=1S/C14H18BrNO2S/c15-12-9-10(14(16)7-1-2-8-14)3-6-13(12)19(17,18)11-4-5-11/h3,6,9,11H,1-2,4-5,7-8,16H2. The molecule has 2 aliphatic rings. The Morgan fingerprint density at radius 3 is 2.37 bits per heavy atom. The fraction of sp³-hybridized carbons (Fsp3) is 0.571. The minimum absolute atomic E-state index is 0.173. The van der Waals surface area contributed by atoms with Gasteiger partial charge >= 0.3 is 0 Å². The maximum Gasteiger partial charge on any atom is 0.182 e. The molecular weight excluding hydrogens is 326 g/mol. The van der Waals surface area contributed by atoms with Crippen LogP contribution in [0.15, 0.2) is 27.6 Å². The highest BCUT2D eigenvalue weighted by Crippen LogP contribution is 2.40. The van der Waals surface area contributed by atoms with Crippen molar-refractivity contribution in [3.8, 4) is 0 Å². The van der Waals surface area contributed by atoms with Crippen molar-refractivity contribution in [2.45, 2.75) is 54.2 Å². The molecule has 3 rings (SSSR count). The van der Waals surface area contributed by atoms with Crippen LogP contribution in [0.5, 0.6) is 0 Å². The van der Waals surface area contributed by atoms with E-state index in [4.69, 9.17) is 5.73 Å². The largest absolute Gasteiger partial charge is 0.321 e. The highest BCUT2D eigenvalue weighted by Gasteiger charge is 2.38. The molecular formula is C14H18BrNO2S. The molecule has 0 aromatic heterocycles. The third-order valence-corrected chi connectivity index (χ3v) is 7.51. The van der Waals surface area contributed by atoms with E-state index in [1.165, 1.54) is 0 Å². The lowest BCUT2D eigenvalue weighted by atomic mass is 9.90. The molecule has 0 saturated heterocycles. The molecule has 0 aliphatic heterocycles. The normalized spacial score (nSPS) is 22.6. The number of hydrogen-bond acceptors (Lipinski definition) is 3. The van der Waals surface area contributed by atoms with Crippen molar-refractivity contribution in [3.05, 3.63) is 28.2 Å². The first-order valence-corrected chi connectivity index (χ1v) is 9.10. The summed E-state index contributed by atoms with van der Waals surface area (Å²) in [7, 11) is -3.14. The smallest absolute Gasteiger partial charge is 0.182 e. The van der Waals surface area contributed by atoms with Gasteiger partial charge in [0.25, 0.3) is 0 Å². The third-order valence-electron chi connectivity index (χ3n) is 4.27. The molecule has 0 spiro atoms. The first-order valence-electron chi connectivity index (χ1n) is 6.76. The van der Waals surface area contributed by atoms with E-state index in [-0.39, 0.29) is 10.8 Å². The summed E-state index contributed by atoms with van der Waals surface area (Å²) in [6.07, 6.45) is 5.84. The lowest BCUT2D eigenvalue weighted by Gasteiger charge is -2.24. The molecule has 0 amide bonds. The second-order valence-electron chi connectivity index (χ2n) is 5.75. The minimum Gasteiger partial charge on any atom is -0.321 e. The van der Waals surface area contributed by atoms with Crippen molar-refractivity contribution in [2.75, 3.05) is 0 Å². The Labute approximate surface area is 122 Å². The summed E-state index contributed by atoms with van der Waals surface area (Å²) < 4.78 is 25.2. The molecule has 0 unspecified atom stereocenters. The first kappa shape index (κ1) is 13.6. The Balaban J connectivity index is 1.98. The number of nitrogens with two attached hydrogens (primary N) is 1. The van der Waals surface area contributed by atoms with E-state index in [0.717, 1.165) is 44.1 Å². The van der Waals surface area contributed by atoms with Crippen LogP contribution in [0.2, 0.25) is 0 Å². The van der Waals surface area contributed by atoms with Crippen LogP contribution >= 0.6 is 15.9 Å². The van der Waals surface area contributed by atoms with Crippen molar-refractivity contribution >= 4 is 25.8 Å². The van der Waals surface area contributed by atoms with E-state index in [2.05, 4.69) is 15.9 Å². The predicted molar refractivity (Wildman–Crippen MR) is 78.7 cm³/mol. The summed E-state index contributed by atoms with van der Waals surface area (Å²) in [4.78, 5) is 0.417. The second kappa shape index (κ2) is 4.57. The highest BCUT2D eigenvalue weighted by molar-refractivity contribution is 9.10. The van der Waals surface area contributed by atoms with Crippen molar-refractivity contribution < 1.29 is 8.42 Å². The van der Waals surface area contributed by atoms with E-state index in [9.17, 15) is 8.42 Å². The molecule has 1 aromatic rings. The van der Waals surface area contributed by atoms with Gasteiger partial charge in [-0.1, -0.05) is 18.9 Å². The van der Waals surface area contributed by atoms with Crippen LogP contribution in [0, 0.1) is 0 Å². The Morgan fingerprint density at radius 2 is 1.84 bits per heavy atom. The molecule has 5 heteroatoms. The van der Waals surface area contributed by atoms with Crippen LogP contribution in [0.1, 0.15) is 44.1 Å². The molecule has 2 aliphatic carbocycles. The fourth-order valence-electron chi connectivity index (χ4n) is 2.89. The summed E-state index contributed by atoms with van der Waals surface area (Å²) in [6.45, 7) is 0. The molecule has 2 fully saturated rings. The Bertz CT molecular complexity index is 602. The number of hydrogen-bond donors (Lipinski definition) is 1. The van der Waals surface area contributed by atoms with Gasteiger partial charge in [-0.2, -0.15) is 0 Å². The topological polar surface area (TPSA) is 60.2 Å². The zero-order valence-corrected chi connectivity index (χ0v) is 13.1. The zero-order chi connectivity index (χ0) is 13.7. The predicted octanol–water partition coefficient (Wildman–Crippen LogP) is 3.11. The fourth-order valence-corrected chi connectivity index (χ4v) is 5.65. The second-order valence-corrected chi connectivity index (χ2v) is 8.80. The maximum absolute atomic E-state index is 12.3. The van der Waals surface area contributed by atoms with Gasteiger partial charge in [-0.05, 0) is 59.3 Å². The first-order chi connectivity index (χ1) is 8.93. The summed E-state index contributed by atoms with van der Waals surface area (Å²) in [5.74, 6) is 0. The van der Waals surface area contributed by atoms with Crippen molar-refractivity contribution in [1.82, 2.24) is 0 Å². The van der Waals surface area contributed by atoms with Gasteiger partial charge in [-0.15, -0.1) is 0 Å². The number of rotatable bonds is 3. The van der Waals surface area contributed by atoms with Crippen LogP contribution in [-0.4, -0.2) is 13.7 Å². The van der Waals surface area contributed by atoms with Gasteiger partial charge in [0.2, 0.25) is 0 Å². The van der Waals surface area contributed by atoms with E-state index in [1.807, 2.05) is 12.1 Å². The Morgan fingerprint density at radius 1 is 1.21 bits per heavy atom. The van der Waals surface area contributed by atoms with Crippen molar-refractivity contribution in [1.29, 1.82) is 0 Å². The minimum atomic E-state index is -3.14. The van der Waals surface area contributed by atoms with E-state index < -0.39 is 9.84 Å². The summed E-state index contributed by atoms with van der Waals surface area (Å²) in [6, 6.07) is 5.52.